The summed E-state index contributed by atoms with van der Waals surface area (Å²) in [6, 6.07) is 15.0. The number of halogens is 1. The minimum atomic E-state index is -0.392. The molecule has 1 amide bonds. The molecule has 3 aromatic rings. The number of nitrogens with one attached hydrogen (secondary N) is 2. The number of aromatic nitrogens is 1. The highest BCUT2D eigenvalue weighted by Crippen LogP contribution is 2.22. The van der Waals surface area contributed by atoms with Gasteiger partial charge in [0.15, 0.2) is 0 Å². The van der Waals surface area contributed by atoms with Crippen LogP contribution in [0.4, 0.5) is 10.2 Å². The van der Waals surface area contributed by atoms with E-state index < -0.39 is 5.91 Å². The van der Waals surface area contributed by atoms with Crippen molar-refractivity contribution in [3.8, 4) is 6.07 Å². The van der Waals surface area contributed by atoms with Crippen LogP contribution in [0, 0.1) is 17.1 Å². The standard InChI is InChI=1S/C27H23FN4O2/c1-17(20-6-8-23(28)9-7-20)32-27(34)25-12-19(15-29)16-31-26(25)30-10-2-3-18-4-5-21-13-24(33)14-22(21)11-18/h2-9,11-12,16-17H,10,13-14H2,1H3,(H,30,31)(H,32,34)/b3-2+/t17-/m0/s1. The van der Waals surface area contributed by atoms with Crippen molar-refractivity contribution in [2.45, 2.75) is 25.8 Å². The number of anilines is 1. The third-order valence-corrected chi connectivity index (χ3v) is 5.68. The number of fused-ring (bicyclic) bond motifs is 1. The first-order chi connectivity index (χ1) is 16.4. The van der Waals surface area contributed by atoms with Crippen LogP contribution < -0.4 is 10.6 Å². The largest absolute Gasteiger partial charge is 0.366 e. The number of carbonyl (C=O) groups is 2. The van der Waals surface area contributed by atoms with E-state index in [0.29, 0.717) is 25.2 Å². The lowest BCUT2D eigenvalue weighted by molar-refractivity contribution is -0.117. The summed E-state index contributed by atoms with van der Waals surface area (Å²) in [6.45, 7) is 2.20. The number of carbonyl (C=O) groups excluding carboxylic acids is 2. The van der Waals surface area contributed by atoms with Gasteiger partial charge in [0.05, 0.1) is 17.2 Å². The van der Waals surface area contributed by atoms with Gasteiger partial charge in [-0.25, -0.2) is 9.37 Å². The van der Waals surface area contributed by atoms with Gasteiger partial charge >= 0.3 is 0 Å². The van der Waals surface area contributed by atoms with E-state index in [1.165, 1.54) is 24.4 Å². The molecule has 0 aliphatic heterocycles. The van der Waals surface area contributed by atoms with Crippen LogP contribution in [-0.4, -0.2) is 23.2 Å². The molecule has 0 unspecified atom stereocenters. The minimum Gasteiger partial charge on any atom is -0.366 e. The van der Waals surface area contributed by atoms with Crippen molar-refractivity contribution in [1.29, 1.82) is 5.26 Å². The molecule has 1 heterocycles. The molecular weight excluding hydrogens is 431 g/mol. The lowest BCUT2D eigenvalue weighted by Crippen LogP contribution is -2.28. The zero-order valence-corrected chi connectivity index (χ0v) is 18.6. The summed E-state index contributed by atoms with van der Waals surface area (Å²) >= 11 is 0. The van der Waals surface area contributed by atoms with Crippen LogP contribution in [0.15, 0.2) is 60.8 Å². The van der Waals surface area contributed by atoms with Gasteiger partial charge in [-0.1, -0.05) is 42.5 Å². The van der Waals surface area contributed by atoms with Crippen molar-refractivity contribution in [1.82, 2.24) is 10.3 Å². The number of nitriles is 1. The Kier molecular flexibility index (Phi) is 6.79. The lowest BCUT2D eigenvalue weighted by Gasteiger charge is -2.16. The summed E-state index contributed by atoms with van der Waals surface area (Å²) in [5.74, 6) is -0.145. The van der Waals surface area contributed by atoms with Gasteiger partial charge in [0.25, 0.3) is 5.91 Å². The topological polar surface area (TPSA) is 94.9 Å². The number of rotatable bonds is 7. The molecule has 1 atom stereocenters. The number of hydrogen-bond donors (Lipinski definition) is 2. The highest BCUT2D eigenvalue weighted by atomic mass is 19.1. The maximum absolute atomic E-state index is 13.2. The molecule has 1 aromatic heterocycles. The van der Waals surface area contributed by atoms with E-state index in [2.05, 4.69) is 15.6 Å². The van der Waals surface area contributed by atoms with Gasteiger partial charge in [0.1, 0.15) is 23.5 Å². The normalized spacial score (nSPS) is 13.4. The molecule has 7 heteroatoms. The Morgan fingerprint density at radius 1 is 1.18 bits per heavy atom. The van der Waals surface area contributed by atoms with Gasteiger partial charge in [-0.05, 0) is 47.4 Å². The molecule has 0 radical (unpaired) electrons. The van der Waals surface area contributed by atoms with Crippen molar-refractivity contribution in [2.24, 2.45) is 0 Å². The van der Waals surface area contributed by atoms with Crippen LogP contribution in [0.1, 0.15) is 51.1 Å². The first-order valence-electron chi connectivity index (χ1n) is 10.9. The average Bonchev–Trinajstić information content (AvgIpc) is 3.21. The van der Waals surface area contributed by atoms with E-state index in [1.807, 2.05) is 36.4 Å². The highest BCUT2D eigenvalue weighted by Gasteiger charge is 2.18. The fourth-order valence-electron chi connectivity index (χ4n) is 3.87. The second-order valence-corrected chi connectivity index (χ2v) is 8.18. The monoisotopic (exact) mass is 454 g/mol. The zero-order valence-electron chi connectivity index (χ0n) is 18.6. The second kappa shape index (κ2) is 10.1. The van der Waals surface area contributed by atoms with E-state index >= 15 is 0 Å². The third kappa shape index (κ3) is 5.36. The number of amides is 1. The summed E-state index contributed by atoms with van der Waals surface area (Å²) < 4.78 is 13.2. The first kappa shape index (κ1) is 22.9. The van der Waals surface area contributed by atoms with Gasteiger partial charge in [-0.15, -0.1) is 0 Å². The van der Waals surface area contributed by atoms with Crippen molar-refractivity contribution in [3.63, 3.8) is 0 Å². The molecule has 0 saturated heterocycles. The highest BCUT2D eigenvalue weighted by molar-refractivity contribution is 5.99. The zero-order chi connectivity index (χ0) is 24.1. The Balaban J connectivity index is 1.44. The molecule has 4 rings (SSSR count). The van der Waals surface area contributed by atoms with Crippen molar-refractivity contribution >= 4 is 23.6 Å². The molecule has 2 N–H and O–H groups in total. The molecule has 0 spiro atoms. The van der Waals surface area contributed by atoms with Gasteiger partial charge in [-0.3, -0.25) is 9.59 Å². The maximum Gasteiger partial charge on any atom is 0.255 e. The SMILES string of the molecule is C[C@H](NC(=O)c1cc(C#N)cnc1NC/C=C/c1ccc2c(c1)CC(=O)C2)c1ccc(F)cc1. The molecule has 1 aliphatic carbocycles. The van der Waals surface area contributed by atoms with Crippen molar-refractivity contribution in [2.75, 3.05) is 11.9 Å². The summed E-state index contributed by atoms with van der Waals surface area (Å²) in [7, 11) is 0. The smallest absolute Gasteiger partial charge is 0.255 e. The molecule has 34 heavy (non-hydrogen) atoms. The minimum absolute atomic E-state index is 0.240. The van der Waals surface area contributed by atoms with Crippen LogP contribution in [-0.2, 0) is 17.6 Å². The van der Waals surface area contributed by atoms with Gasteiger partial charge in [0, 0.05) is 25.6 Å². The van der Waals surface area contributed by atoms with Crippen LogP contribution in [0.3, 0.4) is 0 Å². The van der Waals surface area contributed by atoms with E-state index in [1.54, 1.807) is 19.1 Å². The molecule has 6 nitrogen and oxygen atoms in total. The number of nitrogens with zero attached hydrogens (tertiary/aromatic N) is 2. The quantitative estimate of drug-likeness (QED) is 0.553. The van der Waals surface area contributed by atoms with Crippen molar-refractivity contribution in [3.05, 3.63) is 100 Å². The maximum atomic E-state index is 13.2. The number of benzene rings is 2. The van der Waals surface area contributed by atoms with Gasteiger partial charge in [0.2, 0.25) is 0 Å². The van der Waals surface area contributed by atoms with E-state index in [4.69, 9.17) is 0 Å². The molecule has 0 saturated carbocycles. The Bertz CT molecular complexity index is 1310. The molecule has 2 aromatic carbocycles. The average molecular weight is 455 g/mol. The van der Waals surface area contributed by atoms with Crippen LogP contribution >= 0.6 is 0 Å². The molecule has 1 aliphatic rings. The van der Waals surface area contributed by atoms with E-state index in [-0.39, 0.29) is 28.8 Å². The van der Waals surface area contributed by atoms with Crippen LogP contribution in [0.5, 0.6) is 0 Å². The van der Waals surface area contributed by atoms with Crippen molar-refractivity contribution < 1.29 is 14.0 Å². The molecular formula is C27H23FN4O2. The number of Topliss-reactive ketones (excluding diaryl/α,β-unsaturated/α-hetero) is 1. The Morgan fingerprint density at radius 3 is 2.71 bits per heavy atom. The molecule has 170 valence electrons. The third-order valence-electron chi connectivity index (χ3n) is 5.68. The Hall–Kier alpha value is -4.31. The van der Waals surface area contributed by atoms with Crippen LogP contribution in [0.2, 0.25) is 0 Å². The fraction of sp³-hybridized carbons (Fsp3) is 0.185. The Labute approximate surface area is 197 Å². The number of pyridine rings is 1. The predicted octanol–water partition coefficient (Wildman–Crippen LogP) is 4.38. The van der Waals surface area contributed by atoms with E-state index in [9.17, 15) is 19.2 Å². The van der Waals surface area contributed by atoms with E-state index in [0.717, 1.165) is 22.3 Å². The van der Waals surface area contributed by atoms with Crippen LogP contribution in [0.25, 0.3) is 6.08 Å². The lowest BCUT2D eigenvalue weighted by atomic mass is 10.1. The van der Waals surface area contributed by atoms with Gasteiger partial charge < -0.3 is 10.6 Å². The summed E-state index contributed by atoms with van der Waals surface area (Å²) in [5.41, 5.74) is 4.43. The first-order valence-corrected chi connectivity index (χ1v) is 10.9. The molecule has 0 bridgehead atoms. The predicted molar refractivity (Wildman–Crippen MR) is 128 cm³/mol. The summed E-state index contributed by atoms with van der Waals surface area (Å²) in [5, 5.41) is 15.2. The molecule has 0 fully saturated rings. The summed E-state index contributed by atoms with van der Waals surface area (Å²) in [6.07, 6.45) is 6.25. The Morgan fingerprint density at radius 2 is 1.94 bits per heavy atom. The number of ketones is 1. The summed E-state index contributed by atoms with van der Waals surface area (Å²) in [4.78, 5) is 28.8. The van der Waals surface area contributed by atoms with Gasteiger partial charge in [-0.2, -0.15) is 5.26 Å². The number of hydrogen-bond acceptors (Lipinski definition) is 5. The fourth-order valence-corrected chi connectivity index (χ4v) is 3.87. The second-order valence-electron chi connectivity index (χ2n) is 8.18.